The molecule has 1 N–H and O–H groups in total. The zero-order valence-electron chi connectivity index (χ0n) is 13.1. The highest BCUT2D eigenvalue weighted by Crippen LogP contribution is 2.21. The van der Waals surface area contributed by atoms with Gasteiger partial charge in [0.05, 0.1) is 12.7 Å². The molecule has 4 nitrogen and oxygen atoms in total. The molecule has 0 unspecified atom stereocenters. The van der Waals surface area contributed by atoms with Gasteiger partial charge in [-0.2, -0.15) is 0 Å². The Kier molecular flexibility index (Phi) is 5.23. The molecule has 0 bridgehead atoms. The number of nitrogens with one attached hydrogen (secondary N) is 1. The predicted octanol–water partition coefficient (Wildman–Crippen LogP) is 3.72. The van der Waals surface area contributed by atoms with Gasteiger partial charge in [0.25, 0.3) is 5.91 Å². The van der Waals surface area contributed by atoms with Gasteiger partial charge in [0.1, 0.15) is 5.75 Å². The molecule has 0 aromatic heterocycles. The van der Waals surface area contributed by atoms with Crippen molar-refractivity contribution >= 4 is 5.91 Å². The van der Waals surface area contributed by atoms with Crippen molar-refractivity contribution in [1.29, 1.82) is 0 Å². The fourth-order valence-electron chi connectivity index (χ4n) is 2.23. The second-order valence-corrected chi connectivity index (χ2v) is 6.83. The number of benzene rings is 1. The van der Waals surface area contributed by atoms with Gasteiger partial charge in [0.15, 0.2) is 0 Å². The van der Waals surface area contributed by atoms with E-state index in [0.29, 0.717) is 17.9 Å². The third-order valence-corrected chi connectivity index (χ3v) is 3.39. The highest BCUT2D eigenvalue weighted by Gasteiger charge is 2.17. The standard InChI is InChI=1S/C17H25NO3/c1-17(2,3)12-20-15-10-6-7-13(11-15)16(19)18-21-14-8-4-5-9-14/h6-7,10-11,14H,4-5,8-9,12H2,1-3H3,(H,18,19). The Morgan fingerprint density at radius 1 is 1.29 bits per heavy atom. The monoisotopic (exact) mass is 291 g/mol. The van der Waals surface area contributed by atoms with Crippen molar-refractivity contribution in [3.8, 4) is 5.75 Å². The topological polar surface area (TPSA) is 47.6 Å². The van der Waals surface area contributed by atoms with Crippen molar-refractivity contribution < 1.29 is 14.4 Å². The van der Waals surface area contributed by atoms with Crippen LogP contribution in [0, 0.1) is 5.41 Å². The Bertz CT molecular complexity index is 473. The van der Waals surface area contributed by atoms with Crippen LogP contribution in [0.25, 0.3) is 0 Å². The Morgan fingerprint density at radius 3 is 2.67 bits per heavy atom. The van der Waals surface area contributed by atoms with E-state index >= 15 is 0 Å². The second-order valence-electron chi connectivity index (χ2n) is 6.83. The molecule has 1 aromatic rings. The molecule has 1 saturated carbocycles. The predicted molar refractivity (Wildman–Crippen MR) is 82.2 cm³/mol. The zero-order chi connectivity index (χ0) is 15.3. The van der Waals surface area contributed by atoms with Crippen LogP contribution < -0.4 is 10.2 Å². The molecule has 0 spiro atoms. The first-order chi connectivity index (χ1) is 9.94. The molecule has 0 aliphatic heterocycles. The Balaban J connectivity index is 1.88. The van der Waals surface area contributed by atoms with E-state index in [2.05, 4.69) is 26.3 Å². The summed E-state index contributed by atoms with van der Waals surface area (Å²) in [7, 11) is 0. The lowest BCUT2D eigenvalue weighted by Crippen LogP contribution is -2.28. The first-order valence-electron chi connectivity index (χ1n) is 7.63. The molecule has 2 rings (SSSR count). The number of ether oxygens (including phenoxy) is 1. The SMILES string of the molecule is CC(C)(C)COc1cccc(C(=O)NOC2CCCC2)c1. The highest BCUT2D eigenvalue weighted by molar-refractivity contribution is 5.93. The summed E-state index contributed by atoms with van der Waals surface area (Å²) >= 11 is 0. The van der Waals surface area contributed by atoms with E-state index in [1.165, 1.54) is 12.8 Å². The maximum Gasteiger partial charge on any atom is 0.274 e. The van der Waals surface area contributed by atoms with E-state index in [1.807, 2.05) is 12.1 Å². The maximum atomic E-state index is 12.1. The van der Waals surface area contributed by atoms with E-state index < -0.39 is 0 Å². The normalized spacial score (nSPS) is 16.0. The Hall–Kier alpha value is -1.55. The fraction of sp³-hybridized carbons (Fsp3) is 0.588. The van der Waals surface area contributed by atoms with Crippen LogP contribution in [-0.2, 0) is 4.84 Å². The third-order valence-electron chi connectivity index (χ3n) is 3.39. The van der Waals surface area contributed by atoms with Crippen molar-refractivity contribution in [2.24, 2.45) is 5.41 Å². The number of hydrogen-bond donors (Lipinski definition) is 1. The number of carbonyl (C=O) groups excluding carboxylic acids is 1. The van der Waals surface area contributed by atoms with Crippen LogP contribution in [0.3, 0.4) is 0 Å². The fourth-order valence-corrected chi connectivity index (χ4v) is 2.23. The first-order valence-corrected chi connectivity index (χ1v) is 7.63. The van der Waals surface area contributed by atoms with Crippen LogP contribution in [0.4, 0.5) is 0 Å². The average molecular weight is 291 g/mol. The molecule has 1 aliphatic rings. The van der Waals surface area contributed by atoms with Crippen LogP contribution in [0.2, 0.25) is 0 Å². The van der Waals surface area contributed by atoms with Crippen molar-refractivity contribution in [2.45, 2.75) is 52.6 Å². The van der Waals surface area contributed by atoms with Crippen molar-refractivity contribution in [3.05, 3.63) is 29.8 Å². The van der Waals surface area contributed by atoms with Gasteiger partial charge in [-0.05, 0) is 36.5 Å². The summed E-state index contributed by atoms with van der Waals surface area (Å²) in [5, 5.41) is 0. The Morgan fingerprint density at radius 2 is 2.00 bits per heavy atom. The van der Waals surface area contributed by atoms with Gasteiger partial charge in [-0.1, -0.05) is 39.7 Å². The molecular formula is C17H25NO3. The van der Waals surface area contributed by atoms with E-state index in [9.17, 15) is 4.79 Å². The minimum atomic E-state index is -0.219. The van der Waals surface area contributed by atoms with Gasteiger partial charge in [-0.15, -0.1) is 0 Å². The van der Waals surface area contributed by atoms with E-state index in [-0.39, 0.29) is 17.4 Å². The van der Waals surface area contributed by atoms with Crippen LogP contribution in [0.5, 0.6) is 5.75 Å². The summed E-state index contributed by atoms with van der Waals surface area (Å²) in [6.07, 6.45) is 4.56. The van der Waals surface area contributed by atoms with Gasteiger partial charge in [-0.3, -0.25) is 9.63 Å². The average Bonchev–Trinajstić information content (AvgIpc) is 2.95. The summed E-state index contributed by atoms with van der Waals surface area (Å²) in [4.78, 5) is 17.5. The molecule has 1 fully saturated rings. The van der Waals surface area contributed by atoms with Gasteiger partial charge < -0.3 is 4.74 Å². The zero-order valence-corrected chi connectivity index (χ0v) is 13.1. The maximum absolute atomic E-state index is 12.1. The molecule has 1 amide bonds. The molecule has 0 atom stereocenters. The van der Waals surface area contributed by atoms with Gasteiger partial charge in [0, 0.05) is 5.56 Å². The number of amides is 1. The van der Waals surface area contributed by atoms with Gasteiger partial charge >= 0.3 is 0 Å². The number of carbonyl (C=O) groups is 1. The third kappa shape index (κ3) is 5.38. The van der Waals surface area contributed by atoms with E-state index in [1.54, 1.807) is 12.1 Å². The number of rotatable bonds is 5. The quantitative estimate of drug-likeness (QED) is 0.841. The minimum absolute atomic E-state index is 0.0872. The molecule has 116 valence electrons. The summed E-state index contributed by atoms with van der Waals surface area (Å²) in [6, 6.07) is 7.19. The van der Waals surface area contributed by atoms with Crippen LogP contribution in [0.1, 0.15) is 56.8 Å². The van der Waals surface area contributed by atoms with Gasteiger partial charge in [-0.25, -0.2) is 5.48 Å². The summed E-state index contributed by atoms with van der Waals surface area (Å²) < 4.78 is 5.72. The molecule has 21 heavy (non-hydrogen) atoms. The van der Waals surface area contributed by atoms with Crippen LogP contribution >= 0.6 is 0 Å². The van der Waals surface area contributed by atoms with E-state index in [0.717, 1.165) is 12.8 Å². The van der Waals surface area contributed by atoms with Crippen molar-refractivity contribution in [2.75, 3.05) is 6.61 Å². The van der Waals surface area contributed by atoms with Crippen molar-refractivity contribution in [3.63, 3.8) is 0 Å². The molecule has 1 aromatic carbocycles. The van der Waals surface area contributed by atoms with Crippen LogP contribution in [-0.4, -0.2) is 18.6 Å². The molecular weight excluding hydrogens is 266 g/mol. The van der Waals surface area contributed by atoms with Gasteiger partial charge in [0.2, 0.25) is 0 Å². The lowest BCUT2D eigenvalue weighted by Gasteiger charge is -2.19. The largest absolute Gasteiger partial charge is 0.493 e. The van der Waals surface area contributed by atoms with E-state index in [4.69, 9.17) is 9.57 Å². The minimum Gasteiger partial charge on any atom is -0.493 e. The summed E-state index contributed by atoms with van der Waals surface area (Å²) in [5.41, 5.74) is 3.19. The van der Waals surface area contributed by atoms with Crippen LogP contribution in [0.15, 0.2) is 24.3 Å². The highest BCUT2D eigenvalue weighted by atomic mass is 16.7. The van der Waals surface area contributed by atoms with Crippen molar-refractivity contribution in [1.82, 2.24) is 5.48 Å². The number of hydroxylamine groups is 1. The first kappa shape index (κ1) is 15.8. The summed E-state index contributed by atoms with van der Waals surface area (Å²) in [5.74, 6) is 0.488. The molecule has 1 aliphatic carbocycles. The second kappa shape index (κ2) is 6.94. The molecule has 0 radical (unpaired) electrons. The number of hydrogen-bond acceptors (Lipinski definition) is 3. The smallest absolute Gasteiger partial charge is 0.274 e. The lowest BCUT2D eigenvalue weighted by molar-refractivity contribution is -0.0125. The molecule has 0 heterocycles. The lowest BCUT2D eigenvalue weighted by atomic mass is 9.99. The summed E-state index contributed by atoms with van der Waals surface area (Å²) in [6.45, 7) is 6.94. The molecule has 4 heteroatoms. The Labute approximate surface area is 126 Å². The molecule has 0 saturated heterocycles.